The van der Waals surface area contributed by atoms with E-state index in [0.717, 1.165) is 15.7 Å². The van der Waals surface area contributed by atoms with Crippen molar-refractivity contribution in [2.24, 2.45) is 0 Å². The van der Waals surface area contributed by atoms with E-state index in [0.29, 0.717) is 17.7 Å². The topological polar surface area (TPSA) is 20.3 Å². The summed E-state index contributed by atoms with van der Waals surface area (Å²) in [4.78, 5) is 13.7. The molecule has 21 heavy (non-hydrogen) atoms. The number of halogens is 2. The fourth-order valence-corrected chi connectivity index (χ4v) is 2.71. The SMILES string of the molecule is CC(=O)c1cc(F)c(C)cc1N(C)Cc1cccc(Br)c1. The molecule has 0 unspecified atom stereocenters. The monoisotopic (exact) mass is 349 g/mol. The second-order valence-electron chi connectivity index (χ2n) is 5.16. The first-order valence-electron chi connectivity index (χ1n) is 6.65. The molecule has 0 saturated carbocycles. The minimum atomic E-state index is -0.347. The Labute approximate surface area is 132 Å². The number of benzene rings is 2. The van der Waals surface area contributed by atoms with Crippen LogP contribution in [0.4, 0.5) is 10.1 Å². The summed E-state index contributed by atoms with van der Waals surface area (Å²) in [5.41, 5.74) is 2.82. The maximum absolute atomic E-state index is 13.7. The summed E-state index contributed by atoms with van der Waals surface area (Å²) in [6.07, 6.45) is 0. The molecule has 0 N–H and O–H groups in total. The Bertz CT molecular complexity index is 684. The highest BCUT2D eigenvalue weighted by Crippen LogP contribution is 2.26. The van der Waals surface area contributed by atoms with Crippen molar-refractivity contribution in [1.82, 2.24) is 0 Å². The number of aryl methyl sites for hydroxylation is 1. The molecule has 4 heteroatoms. The molecule has 0 aliphatic heterocycles. The number of ketones is 1. The first kappa shape index (κ1) is 15.7. The average Bonchev–Trinajstić information content (AvgIpc) is 2.41. The standard InChI is InChI=1S/C17H17BrFNO/c1-11-7-17(15(12(2)21)9-16(11)19)20(3)10-13-5-4-6-14(18)8-13/h4-9H,10H2,1-3H3. The summed E-state index contributed by atoms with van der Waals surface area (Å²) >= 11 is 3.44. The van der Waals surface area contributed by atoms with Crippen LogP contribution in [0.3, 0.4) is 0 Å². The van der Waals surface area contributed by atoms with Gasteiger partial charge in [-0.1, -0.05) is 28.1 Å². The van der Waals surface area contributed by atoms with Gasteiger partial charge in [-0.3, -0.25) is 4.79 Å². The quantitative estimate of drug-likeness (QED) is 0.743. The molecule has 0 saturated heterocycles. The molecule has 0 amide bonds. The summed E-state index contributed by atoms with van der Waals surface area (Å²) in [5, 5.41) is 0. The number of carbonyl (C=O) groups excluding carboxylic acids is 1. The van der Waals surface area contributed by atoms with E-state index in [2.05, 4.69) is 15.9 Å². The maximum atomic E-state index is 13.7. The first-order chi connectivity index (χ1) is 9.88. The molecule has 0 aliphatic carbocycles. The third kappa shape index (κ3) is 3.70. The minimum absolute atomic E-state index is 0.134. The van der Waals surface area contributed by atoms with Gasteiger partial charge in [-0.05, 0) is 49.2 Å². The second-order valence-corrected chi connectivity index (χ2v) is 6.08. The highest BCUT2D eigenvalue weighted by atomic mass is 79.9. The van der Waals surface area contributed by atoms with Crippen molar-refractivity contribution in [2.75, 3.05) is 11.9 Å². The van der Waals surface area contributed by atoms with Gasteiger partial charge in [-0.2, -0.15) is 0 Å². The van der Waals surface area contributed by atoms with Gasteiger partial charge in [-0.15, -0.1) is 0 Å². The molecule has 0 radical (unpaired) electrons. The van der Waals surface area contributed by atoms with Crippen LogP contribution in [0.5, 0.6) is 0 Å². The second kappa shape index (κ2) is 6.39. The van der Waals surface area contributed by atoms with Crippen LogP contribution in [0.25, 0.3) is 0 Å². The van der Waals surface area contributed by atoms with Crippen molar-refractivity contribution in [3.63, 3.8) is 0 Å². The molecule has 2 aromatic rings. The molecular formula is C17H17BrFNO. The van der Waals surface area contributed by atoms with Crippen LogP contribution < -0.4 is 4.90 Å². The van der Waals surface area contributed by atoms with Crippen LogP contribution in [-0.4, -0.2) is 12.8 Å². The molecular weight excluding hydrogens is 333 g/mol. The molecule has 0 aliphatic rings. The summed E-state index contributed by atoms with van der Waals surface area (Å²) in [6.45, 7) is 3.81. The largest absolute Gasteiger partial charge is 0.370 e. The summed E-state index contributed by atoms with van der Waals surface area (Å²) in [7, 11) is 1.90. The number of anilines is 1. The minimum Gasteiger partial charge on any atom is -0.370 e. The Morgan fingerprint density at radius 1 is 1.29 bits per heavy atom. The van der Waals surface area contributed by atoms with E-state index in [1.54, 1.807) is 13.0 Å². The predicted octanol–water partition coefficient (Wildman–Crippen LogP) is 4.74. The Kier molecular flexibility index (Phi) is 4.78. The van der Waals surface area contributed by atoms with Gasteiger partial charge in [0.15, 0.2) is 5.78 Å². The summed E-state index contributed by atoms with van der Waals surface area (Å²) in [5.74, 6) is -0.482. The summed E-state index contributed by atoms with van der Waals surface area (Å²) in [6, 6.07) is 11.0. The number of rotatable bonds is 4. The van der Waals surface area contributed by atoms with Crippen molar-refractivity contribution in [3.8, 4) is 0 Å². The molecule has 0 atom stereocenters. The van der Waals surface area contributed by atoms with Crippen LogP contribution in [0.2, 0.25) is 0 Å². The molecule has 0 bridgehead atoms. The van der Waals surface area contributed by atoms with E-state index in [1.807, 2.05) is 36.2 Å². The lowest BCUT2D eigenvalue weighted by Gasteiger charge is -2.23. The highest BCUT2D eigenvalue weighted by Gasteiger charge is 2.14. The smallest absolute Gasteiger partial charge is 0.161 e. The molecule has 0 spiro atoms. The van der Waals surface area contributed by atoms with Crippen LogP contribution in [0.15, 0.2) is 40.9 Å². The molecule has 2 rings (SSSR count). The van der Waals surface area contributed by atoms with Gasteiger partial charge < -0.3 is 4.90 Å². The lowest BCUT2D eigenvalue weighted by Crippen LogP contribution is -2.19. The Morgan fingerprint density at radius 3 is 2.62 bits per heavy atom. The van der Waals surface area contributed by atoms with Gasteiger partial charge in [0.25, 0.3) is 0 Å². The fraction of sp³-hybridized carbons (Fsp3) is 0.235. The van der Waals surface area contributed by atoms with Gasteiger partial charge in [0.05, 0.1) is 0 Å². The lowest BCUT2D eigenvalue weighted by molar-refractivity contribution is 0.101. The van der Waals surface area contributed by atoms with Crippen LogP contribution in [0.1, 0.15) is 28.4 Å². The number of nitrogens with zero attached hydrogens (tertiary/aromatic N) is 1. The third-order valence-corrected chi connectivity index (χ3v) is 3.87. The Hall–Kier alpha value is -1.68. The van der Waals surface area contributed by atoms with E-state index in [-0.39, 0.29) is 11.6 Å². The number of hydrogen-bond donors (Lipinski definition) is 0. The zero-order chi connectivity index (χ0) is 15.6. The third-order valence-electron chi connectivity index (χ3n) is 3.38. The number of Topliss-reactive ketones (excluding diaryl/α,β-unsaturated/α-hetero) is 1. The van der Waals surface area contributed by atoms with Crippen molar-refractivity contribution >= 4 is 27.4 Å². The summed E-state index contributed by atoms with van der Waals surface area (Å²) < 4.78 is 14.7. The van der Waals surface area contributed by atoms with Crippen LogP contribution >= 0.6 is 15.9 Å². The normalized spacial score (nSPS) is 10.5. The Morgan fingerprint density at radius 2 is 2.00 bits per heavy atom. The highest BCUT2D eigenvalue weighted by molar-refractivity contribution is 9.10. The maximum Gasteiger partial charge on any atom is 0.161 e. The molecule has 0 heterocycles. The number of carbonyl (C=O) groups is 1. The van der Waals surface area contributed by atoms with Gasteiger partial charge in [0.2, 0.25) is 0 Å². The van der Waals surface area contributed by atoms with Gasteiger partial charge in [-0.25, -0.2) is 4.39 Å². The molecule has 110 valence electrons. The average molecular weight is 350 g/mol. The van der Waals surface area contributed by atoms with E-state index in [4.69, 9.17) is 0 Å². The fourth-order valence-electron chi connectivity index (χ4n) is 2.26. The predicted molar refractivity (Wildman–Crippen MR) is 87.4 cm³/mol. The Balaban J connectivity index is 2.36. The van der Waals surface area contributed by atoms with Gasteiger partial charge >= 0.3 is 0 Å². The van der Waals surface area contributed by atoms with Crippen molar-refractivity contribution < 1.29 is 9.18 Å². The van der Waals surface area contributed by atoms with Crippen molar-refractivity contribution in [3.05, 3.63) is 63.4 Å². The van der Waals surface area contributed by atoms with E-state index < -0.39 is 0 Å². The molecule has 0 aromatic heterocycles. The van der Waals surface area contributed by atoms with Crippen molar-refractivity contribution in [1.29, 1.82) is 0 Å². The van der Waals surface area contributed by atoms with E-state index in [1.165, 1.54) is 13.0 Å². The van der Waals surface area contributed by atoms with E-state index in [9.17, 15) is 9.18 Å². The van der Waals surface area contributed by atoms with Crippen LogP contribution in [0, 0.1) is 12.7 Å². The zero-order valence-electron chi connectivity index (χ0n) is 12.3. The van der Waals surface area contributed by atoms with Crippen molar-refractivity contribution in [2.45, 2.75) is 20.4 Å². The lowest BCUT2D eigenvalue weighted by atomic mass is 10.0. The number of hydrogen-bond acceptors (Lipinski definition) is 2. The first-order valence-corrected chi connectivity index (χ1v) is 7.44. The van der Waals surface area contributed by atoms with Gasteiger partial charge in [0, 0.05) is 29.3 Å². The van der Waals surface area contributed by atoms with Gasteiger partial charge in [0.1, 0.15) is 5.82 Å². The van der Waals surface area contributed by atoms with Crippen LogP contribution in [-0.2, 0) is 6.54 Å². The molecule has 0 fully saturated rings. The van der Waals surface area contributed by atoms with E-state index >= 15 is 0 Å². The molecule has 2 nitrogen and oxygen atoms in total. The zero-order valence-corrected chi connectivity index (χ0v) is 13.9. The molecule has 2 aromatic carbocycles.